The van der Waals surface area contributed by atoms with Gasteiger partial charge in [-0.3, -0.25) is 4.79 Å². The third-order valence-corrected chi connectivity index (χ3v) is 3.09. The van der Waals surface area contributed by atoms with E-state index < -0.39 is 0 Å². The zero-order chi connectivity index (χ0) is 13.8. The number of halogens is 2. The first-order valence-electron chi connectivity index (χ1n) is 5.82. The highest BCUT2D eigenvalue weighted by Crippen LogP contribution is 2.14. The van der Waals surface area contributed by atoms with Crippen LogP contribution in [0.2, 0.25) is 0 Å². The van der Waals surface area contributed by atoms with E-state index in [1.54, 1.807) is 19.1 Å². The molecule has 2 aromatic rings. The van der Waals surface area contributed by atoms with E-state index in [4.69, 9.17) is 11.6 Å². The largest absolute Gasteiger partial charge is 0.322 e. The number of hydrogen-bond donors (Lipinski definition) is 1. The maximum absolute atomic E-state index is 13.1. The summed E-state index contributed by atoms with van der Waals surface area (Å²) >= 11 is 5.69. The highest BCUT2D eigenvalue weighted by Gasteiger charge is 2.08. The van der Waals surface area contributed by atoms with E-state index in [2.05, 4.69) is 5.32 Å². The number of carbonyl (C=O) groups excluding carboxylic acids is 1. The van der Waals surface area contributed by atoms with E-state index in [9.17, 15) is 9.18 Å². The molecule has 0 radical (unpaired) electrons. The number of amides is 1. The van der Waals surface area contributed by atoms with Gasteiger partial charge in [-0.1, -0.05) is 12.1 Å². The fourth-order valence-corrected chi connectivity index (χ4v) is 1.84. The molecule has 4 heteroatoms. The van der Waals surface area contributed by atoms with Crippen LogP contribution in [0.4, 0.5) is 10.1 Å². The molecule has 1 amide bonds. The van der Waals surface area contributed by atoms with Crippen molar-refractivity contribution in [1.82, 2.24) is 0 Å². The minimum Gasteiger partial charge on any atom is -0.322 e. The van der Waals surface area contributed by atoms with Gasteiger partial charge in [-0.15, -0.1) is 11.6 Å². The van der Waals surface area contributed by atoms with Crippen molar-refractivity contribution in [3.63, 3.8) is 0 Å². The maximum atomic E-state index is 13.1. The third kappa shape index (κ3) is 3.32. The summed E-state index contributed by atoms with van der Waals surface area (Å²) in [5.41, 5.74) is 2.54. The van der Waals surface area contributed by atoms with Gasteiger partial charge in [0.05, 0.1) is 0 Å². The predicted molar refractivity (Wildman–Crippen MR) is 75.1 cm³/mol. The molecule has 0 spiro atoms. The second-order valence-corrected chi connectivity index (χ2v) is 4.52. The van der Waals surface area contributed by atoms with Crippen LogP contribution in [0, 0.1) is 12.7 Å². The molecule has 0 fully saturated rings. The monoisotopic (exact) mass is 277 g/mol. The van der Waals surface area contributed by atoms with Crippen molar-refractivity contribution in [2.45, 2.75) is 12.8 Å². The number of rotatable bonds is 3. The Balaban J connectivity index is 2.13. The van der Waals surface area contributed by atoms with Gasteiger partial charge in [-0.05, 0) is 48.4 Å². The Labute approximate surface area is 116 Å². The van der Waals surface area contributed by atoms with Crippen molar-refractivity contribution in [3.8, 4) is 0 Å². The molecule has 0 aliphatic rings. The molecular formula is C15H13ClFNO. The molecule has 98 valence electrons. The third-order valence-electron chi connectivity index (χ3n) is 2.79. The molecule has 0 aromatic heterocycles. The highest BCUT2D eigenvalue weighted by molar-refractivity contribution is 6.17. The Kier molecular flexibility index (Phi) is 4.17. The van der Waals surface area contributed by atoms with E-state index in [0.717, 1.165) is 5.56 Å². The summed E-state index contributed by atoms with van der Waals surface area (Å²) in [6.07, 6.45) is 0. The van der Waals surface area contributed by atoms with E-state index >= 15 is 0 Å². The first-order chi connectivity index (χ1) is 9.10. The number of alkyl halides is 1. The minimum atomic E-state index is -0.317. The summed E-state index contributed by atoms with van der Waals surface area (Å²) in [5, 5.41) is 2.75. The molecule has 0 atom stereocenters. The van der Waals surface area contributed by atoms with Gasteiger partial charge in [0.1, 0.15) is 5.82 Å². The van der Waals surface area contributed by atoms with Crippen molar-refractivity contribution in [1.29, 1.82) is 0 Å². The van der Waals surface area contributed by atoms with Crippen LogP contribution in [-0.4, -0.2) is 5.91 Å². The predicted octanol–water partition coefficient (Wildman–Crippen LogP) is 4.13. The van der Waals surface area contributed by atoms with Crippen LogP contribution in [0.3, 0.4) is 0 Å². The lowest BCUT2D eigenvalue weighted by Crippen LogP contribution is -2.12. The van der Waals surface area contributed by atoms with E-state index in [-0.39, 0.29) is 11.7 Å². The molecule has 1 N–H and O–H groups in total. The van der Waals surface area contributed by atoms with Gasteiger partial charge in [-0.25, -0.2) is 4.39 Å². The Bertz CT molecular complexity index is 596. The van der Waals surface area contributed by atoms with Crippen molar-refractivity contribution in [2.75, 3.05) is 5.32 Å². The average molecular weight is 278 g/mol. The first kappa shape index (κ1) is 13.6. The highest BCUT2D eigenvalue weighted by atomic mass is 35.5. The molecule has 0 saturated heterocycles. The van der Waals surface area contributed by atoms with Crippen LogP contribution in [0.5, 0.6) is 0 Å². The molecule has 0 bridgehead atoms. The topological polar surface area (TPSA) is 29.1 Å². The summed E-state index contributed by atoms with van der Waals surface area (Å²) in [6, 6.07) is 11.5. The quantitative estimate of drug-likeness (QED) is 0.840. The lowest BCUT2D eigenvalue weighted by atomic mass is 10.1. The van der Waals surface area contributed by atoms with Crippen LogP contribution in [0.25, 0.3) is 0 Å². The molecule has 0 saturated carbocycles. The molecule has 0 aliphatic carbocycles. The first-order valence-corrected chi connectivity index (χ1v) is 6.36. The lowest BCUT2D eigenvalue weighted by molar-refractivity contribution is 0.102. The standard InChI is InChI=1S/C15H13ClFNO/c1-10-8-12(4-7-14(10)17)15(19)18-13-5-2-11(9-16)3-6-13/h2-8H,9H2,1H3,(H,18,19). The van der Waals surface area contributed by atoms with Gasteiger partial charge in [0.25, 0.3) is 5.91 Å². The normalized spacial score (nSPS) is 10.3. The fraction of sp³-hybridized carbons (Fsp3) is 0.133. The number of anilines is 1. The Hall–Kier alpha value is -1.87. The molecule has 0 heterocycles. The SMILES string of the molecule is Cc1cc(C(=O)Nc2ccc(CCl)cc2)ccc1F. The molecule has 19 heavy (non-hydrogen) atoms. The van der Waals surface area contributed by atoms with Gasteiger partial charge < -0.3 is 5.32 Å². The summed E-state index contributed by atoms with van der Waals surface area (Å²) in [7, 11) is 0. The van der Waals surface area contributed by atoms with Crippen molar-refractivity contribution in [3.05, 3.63) is 65.0 Å². The number of benzene rings is 2. The van der Waals surface area contributed by atoms with E-state index in [0.29, 0.717) is 22.7 Å². The van der Waals surface area contributed by atoms with Gasteiger partial charge in [-0.2, -0.15) is 0 Å². The maximum Gasteiger partial charge on any atom is 0.255 e. The number of aryl methyl sites for hydroxylation is 1. The van der Waals surface area contributed by atoms with Crippen molar-refractivity contribution in [2.24, 2.45) is 0 Å². The van der Waals surface area contributed by atoms with Crippen LogP contribution in [-0.2, 0) is 5.88 Å². The zero-order valence-corrected chi connectivity index (χ0v) is 11.2. The van der Waals surface area contributed by atoms with Gasteiger partial charge >= 0.3 is 0 Å². The number of nitrogens with one attached hydrogen (secondary N) is 1. The number of hydrogen-bond acceptors (Lipinski definition) is 1. The average Bonchev–Trinajstić information content (AvgIpc) is 2.42. The molecule has 2 nitrogen and oxygen atoms in total. The van der Waals surface area contributed by atoms with E-state index in [1.807, 2.05) is 12.1 Å². The molecule has 0 aliphatic heterocycles. The smallest absolute Gasteiger partial charge is 0.255 e. The van der Waals surface area contributed by atoms with Crippen LogP contribution >= 0.6 is 11.6 Å². The summed E-state index contributed by atoms with van der Waals surface area (Å²) in [6.45, 7) is 1.63. The van der Waals surface area contributed by atoms with Crippen LogP contribution in [0.1, 0.15) is 21.5 Å². The molecule has 0 unspecified atom stereocenters. The Morgan fingerprint density at radius 2 is 1.89 bits per heavy atom. The lowest BCUT2D eigenvalue weighted by Gasteiger charge is -2.07. The van der Waals surface area contributed by atoms with Crippen molar-refractivity contribution < 1.29 is 9.18 Å². The summed E-state index contributed by atoms with van der Waals surface area (Å²) in [5.74, 6) is -0.143. The van der Waals surface area contributed by atoms with Gasteiger partial charge in [0.2, 0.25) is 0 Å². The number of carbonyl (C=O) groups is 1. The minimum absolute atomic E-state index is 0.262. The zero-order valence-electron chi connectivity index (χ0n) is 10.4. The Morgan fingerprint density at radius 3 is 2.47 bits per heavy atom. The van der Waals surface area contributed by atoms with E-state index in [1.165, 1.54) is 18.2 Å². The van der Waals surface area contributed by atoms with Gasteiger partial charge in [0.15, 0.2) is 0 Å². The van der Waals surface area contributed by atoms with Gasteiger partial charge in [0, 0.05) is 17.1 Å². The fourth-order valence-electron chi connectivity index (χ4n) is 1.67. The summed E-state index contributed by atoms with van der Waals surface area (Å²) < 4.78 is 13.1. The van der Waals surface area contributed by atoms with Crippen molar-refractivity contribution >= 4 is 23.2 Å². The second-order valence-electron chi connectivity index (χ2n) is 4.25. The summed E-state index contributed by atoms with van der Waals surface area (Å²) in [4.78, 5) is 12.0. The van der Waals surface area contributed by atoms with Crippen LogP contribution in [0.15, 0.2) is 42.5 Å². The molecule has 2 rings (SSSR count). The molecular weight excluding hydrogens is 265 g/mol. The second kappa shape index (κ2) is 5.85. The van der Waals surface area contributed by atoms with Crippen LogP contribution < -0.4 is 5.32 Å². The Morgan fingerprint density at radius 1 is 1.21 bits per heavy atom. The molecule has 2 aromatic carbocycles.